The highest BCUT2D eigenvalue weighted by Crippen LogP contribution is 2.33. The molecule has 0 saturated carbocycles. The number of pyridine rings is 1. The molecule has 156 valence electrons. The van der Waals surface area contributed by atoms with Crippen LogP contribution in [0.1, 0.15) is 51.3 Å². The number of hydrogen-bond acceptors (Lipinski definition) is 4. The Bertz CT molecular complexity index is 945. The number of aromatic nitrogens is 1. The highest BCUT2D eigenvalue weighted by atomic mass is 35.5. The minimum Gasteiger partial charge on any atom is -0.376 e. The first-order valence-corrected chi connectivity index (χ1v) is 10.3. The van der Waals surface area contributed by atoms with E-state index in [4.69, 9.17) is 21.1 Å². The van der Waals surface area contributed by atoms with Crippen LogP contribution in [0.5, 0.6) is 0 Å². The second-order valence-electron chi connectivity index (χ2n) is 8.54. The van der Waals surface area contributed by atoms with Crippen molar-refractivity contribution in [2.75, 3.05) is 6.61 Å². The van der Waals surface area contributed by atoms with E-state index in [-0.39, 0.29) is 17.3 Å². The second-order valence-corrected chi connectivity index (χ2v) is 8.97. The maximum absolute atomic E-state index is 12.9. The first kappa shape index (κ1) is 21.8. The fourth-order valence-electron chi connectivity index (χ4n) is 3.55. The van der Waals surface area contributed by atoms with Crippen LogP contribution in [-0.4, -0.2) is 29.2 Å². The van der Waals surface area contributed by atoms with Crippen molar-refractivity contribution in [3.63, 3.8) is 0 Å². The average molecular weight is 418 g/mol. The number of benzene rings is 1. The van der Waals surface area contributed by atoms with Gasteiger partial charge >= 0.3 is 0 Å². The molecule has 2 atom stereocenters. The molecule has 0 bridgehead atoms. The zero-order valence-corrected chi connectivity index (χ0v) is 18.2. The predicted octanol–water partition coefficient (Wildman–Crippen LogP) is 4.58. The van der Waals surface area contributed by atoms with Crippen LogP contribution < -0.4 is 5.56 Å². The maximum Gasteiger partial charge on any atom is 0.251 e. The quantitative estimate of drug-likeness (QED) is 0.668. The molecule has 2 unspecified atom stereocenters. The van der Waals surface area contributed by atoms with Crippen molar-refractivity contribution in [1.82, 2.24) is 4.57 Å². The van der Waals surface area contributed by atoms with E-state index < -0.39 is 6.04 Å². The molecule has 3 rings (SSSR count). The lowest BCUT2D eigenvalue weighted by atomic mass is 9.92. The lowest BCUT2D eigenvalue weighted by molar-refractivity contribution is -0.111. The summed E-state index contributed by atoms with van der Waals surface area (Å²) in [6.45, 7) is 8.66. The largest absolute Gasteiger partial charge is 0.376 e. The minimum absolute atomic E-state index is 0.0329. The lowest BCUT2D eigenvalue weighted by Gasteiger charge is -2.25. The first-order valence-electron chi connectivity index (χ1n) is 9.92. The Kier molecular flexibility index (Phi) is 6.62. The van der Waals surface area contributed by atoms with Crippen molar-refractivity contribution in [3.05, 3.63) is 57.0 Å². The normalized spacial score (nSPS) is 17.6. The topological polar surface area (TPSA) is 57.5 Å². The number of ether oxygens (including phenoxy) is 2. The molecule has 0 amide bonds. The molecule has 1 aromatic heterocycles. The molecule has 6 heteroatoms. The van der Waals surface area contributed by atoms with E-state index in [1.165, 1.54) is 4.57 Å². The van der Waals surface area contributed by atoms with Crippen LogP contribution in [-0.2, 0) is 27.3 Å². The average Bonchev–Trinajstić information content (AvgIpc) is 2.64. The number of fused-ring (bicyclic) bond motifs is 3. The second kappa shape index (κ2) is 8.82. The maximum atomic E-state index is 12.9. The highest BCUT2D eigenvalue weighted by Gasteiger charge is 2.21. The Balaban J connectivity index is 2.00. The van der Waals surface area contributed by atoms with Gasteiger partial charge in [0.15, 0.2) is 0 Å². The van der Waals surface area contributed by atoms with Gasteiger partial charge in [0.25, 0.3) is 5.56 Å². The summed E-state index contributed by atoms with van der Waals surface area (Å²) in [5, 5.41) is 0.623. The summed E-state index contributed by atoms with van der Waals surface area (Å²) in [6, 6.07) is 6.73. The molecule has 1 aliphatic heterocycles. The third-order valence-electron chi connectivity index (χ3n) is 5.02. The minimum atomic E-state index is -0.586. The molecule has 0 spiro atoms. The lowest BCUT2D eigenvalue weighted by Crippen LogP contribution is -2.29. The number of carbonyl (C=O) groups is 1. The number of rotatable bonds is 5. The van der Waals surface area contributed by atoms with Crippen LogP contribution in [0.2, 0.25) is 5.02 Å². The standard InChI is InChI=1S/C23H28ClNO4/c1-15-9-16-5-6-18(24)10-20(16)21-11-22(27)25(12-17(21)14-28-15)19(13-26)7-8-29-23(2,3)4/h5-6,10-13,15,19H,7-9,14H2,1-4H3. The molecule has 1 aliphatic rings. The van der Waals surface area contributed by atoms with E-state index in [2.05, 4.69) is 0 Å². The van der Waals surface area contributed by atoms with Crippen molar-refractivity contribution in [3.8, 4) is 11.1 Å². The van der Waals surface area contributed by atoms with E-state index in [9.17, 15) is 9.59 Å². The summed E-state index contributed by atoms with van der Waals surface area (Å²) in [4.78, 5) is 24.6. The Labute approximate surface area is 176 Å². The van der Waals surface area contributed by atoms with Gasteiger partial charge in [-0.3, -0.25) is 4.79 Å². The molecule has 5 nitrogen and oxygen atoms in total. The number of halogens is 1. The molecule has 0 N–H and O–H groups in total. The number of carbonyl (C=O) groups excluding carboxylic acids is 1. The van der Waals surface area contributed by atoms with Gasteiger partial charge in [0, 0.05) is 29.5 Å². The van der Waals surface area contributed by atoms with Crippen LogP contribution in [0.4, 0.5) is 0 Å². The third-order valence-corrected chi connectivity index (χ3v) is 5.25. The van der Waals surface area contributed by atoms with Crippen LogP contribution in [0.15, 0.2) is 35.3 Å². The predicted molar refractivity (Wildman–Crippen MR) is 115 cm³/mol. The zero-order valence-electron chi connectivity index (χ0n) is 17.4. The number of nitrogens with zero attached hydrogens (tertiary/aromatic N) is 1. The van der Waals surface area contributed by atoms with E-state index in [0.717, 1.165) is 35.0 Å². The molecule has 2 heterocycles. The van der Waals surface area contributed by atoms with E-state index in [1.54, 1.807) is 12.3 Å². The van der Waals surface area contributed by atoms with E-state index >= 15 is 0 Å². The summed E-state index contributed by atoms with van der Waals surface area (Å²) in [5.41, 5.74) is 3.19. The number of aldehydes is 1. The Morgan fingerprint density at radius 3 is 2.69 bits per heavy atom. The third kappa shape index (κ3) is 5.35. The van der Waals surface area contributed by atoms with Gasteiger partial charge in [-0.1, -0.05) is 17.7 Å². The van der Waals surface area contributed by atoms with Crippen molar-refractivity contribution in [1.29, 1.82) is 0 Å². The van der Waals surface area contributed by atoms with Crippen LogP contribution in [0, 0.1) is 0 Å². The first-order chi connectivity index (χ1) is 13.7. The molecular weight excluding hydrogens is 390 g/mol. The smallest absolute Gasteiger partial charge is 0.251 e. The summed E-state index contributed by atoms with van der Waals surface area (Å²) >= 11 is 6.24. The monoisotopic (exact) mass is 417 g/mol. The molecule has 0 saturated heterocycles. The molecule has 2 aromatic rings. The Morgan fingerprint density at radius 1 is 1.28 bits per heavy atom. The molecule has 0 fully saturated rings. The molecular formula is C23H28ClNO4. The van der Waals surface area contributed by atoms with Gasteiger partial charge in [-0.25, -0.2) is 0 Å². The van der Waals surface area contributed by atoms with Gasteiger partial charge < -0.3 is 18.8 Å². The SMILES string of the molecule is CC1Cc2ccc(Cl)cc2-c2cc(=O)n(C(C=O)CCOC(C)(C)C)cc2CO1. The Hall–Kier alpha value is -1.95. The van der Waals surface area contributed by atoms with Gasteiger partial charge in [-0.2, -0.15) is 0 Å². The van der Waals surface area contributed by atoms with Crippen molar-refractivity contribution in [2.45, 2.75) is 64.9 Å². The summed E-state index contributed by atoms with van der Waals surface area (Å²) in [6.07, 6.45) is 3.76. The molecule has 0 radical (unpaired) electrons. The van der Waals surface area contributed by atoms with Crippen molar-refractivity contribution < 1.29 is 14.3 Å². The van der Waals surface area contributed by atoms with Crippen LogP contribution >= 0.6 is 11.6 Å². The summed E-state index contributed by atoms with van der Waals surface area (Å²) in [7, 11) is 0. The zero-order chi connectivity index (χ0) is 21.2. The number of hydrogen-bond donors (Lipinski definition) is 0. The highest BCUT2D eigenvalue weighted by molar-refractivity contribution is 6.30. The fourth-order valence-corrected chi connectivity index (χ4v) is 3.73. The van der Waals surface area contributed by atoms with Gasteiger partial charge in [0.05, 0.1) is 24.4 Å². The van der Waals surface area contributed by atoms with Gasteiger partial charge in [-0.05, 0) is 69.4 Å². The van der Waals surface area contributed by atoms with Crippen molar-refractivity contribution in [2.24, 2.45) is 0 Å². The van der Waals surface area contributed by atoms with Crippen LogP contribution in [0.25, 0.3) is 11.1 Å². The van der Waals surface area contributed by atoms with Crippen molar-refractivity contribution >= 4 is 17.9 Å². The van der Waals surface area contributed by atoms with E-state index in [0.29, 0.717) is 24.7 Å². The summed E-state index contributed by atoms with van der Waals surface area (Å²) in [5.74, 6) is 0. The van der Waals surface area contributed by atoms with Gasteiger partial charge in [-0.15, -0.1) is 0 Å². The van der Waals surface area contributed by atoms with Crippen LogP contribution in [0.3, 0.4) is 0 Å². The Morgan fingerprint density at radius 2 is 2.00 bits per heavy atom. The molecule has 0 aliphatic carbocycles. The van der Waals surface area contributed by atoms with Gasteiger partial charge in [0.1, 0.15) is 6.29 Å². The molecule has 29 heavy (non-hydrogen) atoms. The fraction of sp³-hybridized carbons (Fsp3) is 0.478. The van der Waals surface area contributed by atoms with E-state index in [1.807, 2.05) is 45.9 Å². The summed E-state index contributed by atoms with van der Waals surface area (Å²) < 4.78 is 13.2. The molecule has 1 aromatic carbocycles. The van der Waals surface area contributed by atoms with Gasteiger partial charge in [0.2, 0.25) is 0 Å².